The Balaban J connectivity index is 1.89. The number of ether oxygens (including phenoxy) is 1. The molecule has 1 fully saturated rings. The highest BCUT2D eigenvalue weighted by Crippen LogP contribution is 2.33. The standard InChI is InChI=1S/C16H11ClFNO3/c17-12-6-8-13(9-7-12)19-14(20)16(18,22-15(19)21)10-11-4-2-1-3-5-11/h1-9H,10H2. The Bertz CT molecular complexity index is 720. The Kier molecular flexibility index (Phi) is 3.58. The van der Waals surface area contributed by atoms with Crippen molar-refractivity contribution in [2.24, 2.45) is 0 Å². The summed E-state index contributed by atoms with van der Waals surface area (Å²) in [5.74, 6) is -3.73. The molecule has 2 aromatic rings. The molecule has 0 aromatic heterocycles. The highest BCUT2D eigenvalue weighted by atomic mass is 35.5. The molecule has 1 aliphatic heterocycles. The summed E-state index contributed by atoms with van der Waals surface area (Å²) in [6.45, 7) is 0. The van der Waals surface area contributed by atoms with Gasteiger partial charge in [-0.2, -0.15) is 4.39 Å². The van der Waals surface area contributed by atoms with Crippen LogP contribution in [0.2, 0.25) is 5.02 Å². The Morgan fingerprint density at radius 2 is 1.68 bits per heavy atom. The number of cyclic esters (lactones) is 1. The topological polar surface area (TPSA) is 46.6 Å². The second kappa shape index (κ2) is 5.42. The molecule has 4 nitrogen and oxygen atoms in total. The zero-order valence-corrected chi connectivity index (χ0v) is 12.1. The summed E-state index contributed by atoms with van der Waals surface area (Å²) in [4.78, 5) is 24.9. The molecule has 1 heterocycles. The van der Waals surface area contributed by atoms with E-state index in [0.717, 1.165) is 0 Å². The van der Waals surface area contributed by atoms with Crippen molar-refractivity contribution in [2.75, 3.05) is 4.90 Å². The zero-order chi connectivity index (χ0) is 15.7. The van der Waals surface area contributed by atoms with Gasteiger partial charge in [0.25, 0.3) is 0 Å². The molecule has 22 heavy (non-hydrogen) atoms. The molecule has 6 heteroatoms. The van der Waals surface area contributed by atoms with Crippen molar-refractivity contribution in [3.05, 3.63) is 65.2 Å². The van der Waals surface area contributed by atoms with Crippen LogP contribution < -0.4 is 4.90 Å². The lowest BCUT2D eigenvalue weighted by Crippen LogP contribution is -2.39. The molecule has 0 aliphatic carbocycles. The van der Waals surface area contributed by atoms with Gasteiger partial charge in [0.05, 0.1) is 12.1 Å². The minimum absolute atomic E-state index is 0.215. The summed E-state index contributed by atoms with van der Waals surface area (Å²) < 4.78 is 19.5. The normalized spacial score (nSPS) is 21.1. The Morgan fingerprint density at radius 1 is 1.05 bits per heavy atom. The molecule has 112 valence electrons. The number of nitrogens with zero attached hydrogens (tertiary/aromatic N) is 1. The first-order valence-corrected chi connectivity index (χ1v) is 6.93. The van der Waals surface area contributed by atoms with Crippen molar-refractivity contribution in [2.45, 2.75) is 12.3 Å². The molecule has 0 N–H and O–H groups in total. The van der Waals surface area contributed by atoms with Gasteiger partial charge in [-0.05, 0) is 29.8 Å². The lowest BCUT2D eigenvalue weighted by Gasteiger charge is -2.15. The van der Waals surface area contributed by atoms with Crippen LogP contribution in [0.4, 0.5) is 14.9 Å². The van der Waals surface area contributed by atoms with Crippen molar-refractivity contribution in [3.63, 3.8) is 0 Å². The predicted molar refractivity (Wildman–Crippen MR) is 79.4 cm³/mol. The number of hydrogen-bond acceptors (Lipinski definition) is 3. The SMILES string of the molecule is O=C1OC(F)(Cc2ccccc2)C(=O)N1c1ccc(Cl)cc1. The first-order chi connectivity index (χ1) is 10.5. The molecule has 1 aliphatic rings. The third-order valence-corrected chi connectivity index (χ3v) is 3.57. The molecule has 0 saturated carbocycles. The van der Waals surface area contributed by atoms with E-state index in [4.69, 9.17) is 16.3 Å². The van der Waals surface area contributed by atoms with E-state index in [9.17, 15) is 14.0 Å². The van der Waals surface area contributed by atoms with Gasteiger partial charge in [0.15, 0.2) is 0 Å². The summed E-state index contributed by atoms with van der Waals surface area (Å²) in [6.07, 6.45) is -1.37. The van der Waals surface area contributed by atoms with Crippen LogP contribution in [0.5, 0.6) is 0 Å². The largest absolute Gasteiger partial charge is 0.424 e. The van der Waals surface area contributed by atoms with Crippen molar-refractivity contribution >= 4 is 29.3 Å². The second-order valence-corrected chi connectivity index (χ2v) is 5.31. The van der Waals surface area contributed by atoms with E-state index in [-0.39, 0.29) is 12.1 Å². The van der Waals surface area contributed by atoms with E-state index in [2.05, 4.69) is 0 Å². The van der Waals surface area contributed by atoms with Gasteiger partial charge in [-0.1, -0.05) is 41.9 Å². The summed E-state index contributed by atoms with van der Waals surface area (Å²) in [6, 6.07) is 14.5. The van der Waals surface area contributed by atoms with Gasteiger partial charge in [-0.25, -0.2) is 9.69 Å². The van der Waals surface area contributed by atoms with Gasteiger partial charge >= 0.3 is 17.9 Å². The molecule has 3 rings (SSSR count). The number of carbonyl (C=O) groups excluding carboxylic acids is 2. The molecule has 1 atom stereocenters. The predicted octanol–water partition coefficient (Wildman–Crippen LogP) is 3.73. The molecule has 2 amide bonds. The molecular formula is C16H11ClFNO3. The number of hydrogen-bond donors (Lipinski definition) is 0. The molecule has 0 spiro atoms. The van der Waals surface area contributed by atoms with Gasteiger partial charge in [0.1, 0.15) is 0 Å². The number of imide groups is 1. The molecule has 1 saturated heterocycles. The van der Waals surface area contributed by atoms with E-state index in [1.165, 1.54) is 24.3 Å². The van der Waals surface area contributed by atoms with Crippen LogP contribution in [0, 0.1) is 0 Å². The number of benzene rings is 2. The third-order valence-electron chi connectivity index (χ3n) is 3.31. The fourth-order valence-corrected chi connectivity index (χ4v) is 2.39. The lowest BCUT2D eigenvalue weighted by atomic mass is 10.1. The number of halogens is 2. The fourth-order valence-electron chi connectivity index (χ4n) is 2.26. The van der Waals surface area contributed by atoms with Crippen LogP contribution in [0.25, 0.3) is 0 Å². The maximum Gasteiger partial charge on any atom is 0.424 e. The minimum Gasteiger partial charge on any atom is -0.401 e. The van der Waals surface area contributed by atoms with Crippen LogP contribution in [0.3, 0.4) is 0 Å². The van der Waals surface area contributed by atoms with Crippen molar-refractivity contribution in [3.8, 4) is 0 Å². The number of anilines is 1. The number of carbonyl (C=O) groups is 2. The maximum atomic E-state index is 14.8. The van der Waals surface area contributed by atoms with Crippen molar-refractivity contribution in [1.82, 2.24) is 0 Å². The fraction of sp³-hybridized carbons (Fsp3) is 0.125. The van der Waals surface area contributed by atoms with Crippen LogP contribution in [-0.4, -0.2) is 17.9 Å². The number of rotatable bonds is 3. The average molecular weight is 320 g/mol. The van der Waals surface area contributed by atoms with E-state index in [1.54, 1.807) is 30.3 Å². The van der Waals surface area contributed by atoms with Crippen LogP contribution in [0.15, 0.2) is 54.6 Å². The monoisotopic (exact) mass is 319 g/mol. The first kappa shape index (κ1) is 14.5. The summed E-state index contributed by atoms with van der Waals surface area (Å²) in [5, 5.41) is 0.444. The molecule has 1 unspecified atom stereocenters. The molecular weight excluding hydrogens is 309 g/mol. The molecule has 0 radical (unpaired) electrons. The highest BCUT2D eigenvalue weighted by Gasteiger charge is 2.55. The lowest BCUT2D eigenvalue weighted by molar-refractivity contribution is -0.146. The zero-order valence-electron chi connectivity index (χ0n) is 11.3. The van der Waals surface area contributed by atoms with E-state index in [0.29, 0.717) is 15.5 Å². The number of alkyl halides is 1. The summed E-state index contributed by atoms with van der Waals surface area (Å²) >= 11 is 5.76. The number of amides is 2. The Hall–Kier alpha value is -2.40. The van der Waals surface area contributed by atoms with Crippen LogP contribution in [0.1, 0.15) is 5.56 Å². The van der Waals surface area contributed by atoms with E-state index < -0.39 is 17.9 Å². The minimum atomic E-state index is -2.70. The Morgan fingerprint density at radius 3 is 2.32 bits per heavy atom. The smallest absolute Gasteiger partial charge is 0.401 e. The van der Waals surface area contributed by atoms with Gasteiger partial charge < -0.3 is 4.74 Å². The third kappa shape index (κ3) is 2.55. The van der Waals surface area contributed by atoms with Crippen molar-refractivity contribution in [1.29, 1.82) is 0 Å². The van der Waals surface area contributed by atoms with Crippen LogP contribution in [-0.2, 0) is 16.0 Å². The van der Waals surface area contributed by atoms with E-state index >= 15 is 0 Å². The first-order valence-electron chi connectivity index (χ1n) is 6.55. The quantitative estimate of drug-likeness (QED) is 0.866. The molecule has 2 aromatic carbocycles. The maximum absolute atomic E-state index is 14.8. The Labute approximate surface area is 131 Å². The van der Waals surface area contributed by atoms with Crippen LogP contribution >= 0.6 is 11.6 Å². The van der Waals surface area contributed by atoms with Gasteiger partial charge in [-0.3, -0.25) is 4.79 Å². The van der Waals surface area contributed by atoms with Gasteiger partial charge in [0.2, 0.25) is 0 Å². The highest BCUT2D eigenvalue weighted by molar-refractivity contribution is 6.30. The summed E-state index contributed by atoms with van der Waals surface area (Å²) in [7, 11) is 0. The van der Waals surface area contributed by atoms with E-state index in [1.807, 2.05) is 0 Å². The average Bonchev–Trinajstić information content (AvgIpc) is 2.71. The van der Waals surface area contributed by atoms with Gasteiger partial charge in [-0.15, -0.1) is 0 Å². The molecule has 0 bridgehead atoms. The summed E-state index contributed by atoms with van der Waals surface area (Å²) in [5.41, 5.74) is 0.774. The van der Waals surface area contributed by atoms with Gasteiger partial charge in [0, 0.05) is 5.02 Å². The van der Waals surface area contributed by atoms with Crippen molar-refractivity contribution < 1.29 is 18.7 Å². The second-order valence-electron chi connectivity index (χ2n) is 4.88.